The SMILES string of the molecule is CCCOCC(O)CSCc1cccnc1. The summed E-state index contributed by atoms with van der Waals surface area (Å²) in [5.41, 5.74) is 1.19. The van der Waals surface area contributed by atoms with Crippen molar-refractivity contribution in [1.82, 2.24) is 4.98 Å². The van der Waals surface area contributed by atoms with E-state index < -0.39 is 0 Å². The van der Waals surface area contributed by atoms with Crippen LogP contribution in [0.5, 0.6) is 0 Å². The van der Waals surface area contributed by atoms with Crippen molar-refractivity contribution in [2.45, 2.75) is 25.2 Å². The Balaban J connectivity index is 2.06. The number of ether oxygens (including phenoxy) is 1. The van der Waals surface area contributed by atoms with Gasteiger partial charge in [-0.3, -0.25) is 4.98 Å². The standard InChI is InChI=1S/C12H19NO2S/c1-2-6-15-8-12(14)10-16-9-11-4-3-5-13-7-11/h3-5,7,12,14H,2,6,8-10H2,1H3. The lowest BCUT2D eigenvalue weighted by Gasteiger charge is -2.10. The van der Waals surface area contributed by atoms with Gasteiger partial charge in [-0.15, -0.1) is 0 Å². The van der Waals surface area contributed by atoms with Gasteiger partial charge in [0, 0.05) is 30.5 Å². The second-order valence-electron chi connectivity index (χ2n) is 3.61. The van der Waals surface area contributed by atoms with Crippen molar-refractivity contribution >= 4 is 11.8 Å². The lowest BCUT2D eigenvalue weighted by Crippen LogP contribution is -2.18. The summed E-state index contributed by atoms with van der Waals surface area (Å²) in [5, 5.41) is 9.59. The highest BCUT2D eigenvalue weighted by Gasteiger charge is 2.04. The molecule has 0 aliphatic heterocycles. The molecule has 3 nitrogen and oxygen atoms in total. The minimum absolute atomic E-state index is 0.367. The van der Waals surface area contributed by atoms with E-state index in [-0.39, 0.29) is 6.10 Å². The van der Waals surface area contributed by atoms with E-state index in [4.69, 9.17) is 4.74 Å². The van der Waals surface area contributed by atoms with Gasteiger partial charge in [0.2, 0.25) is 0 Å². The first kappa shape index (κ1) is 13.5. The molecule has 0 aromatic carbocycles. The normalized spacial score (nSPS) is 12.6. The molecule has 0 aliphatic rings. The fourth-order valence-corrected chi connectivity index (χ4v) is 2.10. The van der Waals surface area contributed by atoms with Crippen LogP contribution in [0.15, 0.2) is 24.5 Å². The molecule has 16 heavy (non-hydrogen) atoms. The molecule has 1 unspecified atom stereocenters. The molecule has 0 saturated heterocycles. The second kappa shape index (κ2) is 8.56. The van der Waals surface area contributed by atoms with Gasteiger partial charge in [-0.05, 0) is 18.1 Å². The van der Waals surface area contributed by atoms with E-state index in [1.807, 2.05) is 18.3 Å². The van der Waals surface area contributed by atoms with Gasteiger partial charge in [0.15, 0.2) is 0 Å². The zero-order chi connectivity index (χ0) is 11.6. The van der Waals surface area contributed by atoms with Crippen LogP contribution in [-0.2, 0) is 10.5 Å². The number of aliphatic hydroxyl groups excluding tert-OH is 1. The van der Waals surface area contributed by atoms with Gasteiger partial charge >= 0.3 is 0 Å². The van der Waals surface area contributed by atoms with E-state index in [2.05, 4.69) is 11.9 Å². The van der Waals surface area contributed by atoms with E-state index in [0.29, 0.717) is 12.4 Å². The van der Waals surface area contributed by atoms with Crippen LogP contribution in [0.25, 0.3) is 0 Å². The minimum atomic E-state index is -0.367. The van der Waals surface area contributed by atoms with Crippen LogP contribution in [0.3, 0.4) is 0 Å². The molecule has 0 fully saturated rings. The number of hydrogen-bond donors (Lipinski definition) is 1. The molecule has 0 aliphatic carbocycles. The lowest BCUT2D eigenvalue weighted by atomic mass is 10.3. The molecule has 0 saturated carbocycles. The highest BCUT2D eigenvalue weighted by molar-refractivity contribution is 7.98. The van der Waals surface area contributed by atoms with E-state index in [1.54, 1.807) is 18.0 Å². The molecule has 0 radical (unpaired) electrons. The summed E-state index contributed by atoms with van der Waals surface area (Å²) in [6, 6.07) is 3.97. The second-order valence-corrected chi connectivity index (χ2v) is 4.64. The highest BCUT2D eigenvalue weighted by Crippen LogP contribution is 2.12. The zero-order valence-corrected chi connectivity index (χ0v) is 10.4. The molecule has 1 atom stereocenters. The largest absolute Gasteiger partial charge is 0.390 e. The third-order valence-electron chi connectivity index (χ3n) is 1.96. The summed E-state index contributed by atoms with van der Waals surface area (Å²) in [6.45, 7) is 3.22. The number of nitrogens with zero attached hydrogens (tertiary/aromatic N) is 1. The molecule has 90 valence electrons. The van der Waals surface area contributed by atoms with Crippen molar-refractivity contribution in [3.8, 4) is 0 Å². The molecular formula is C12H19NO2S. The predicted molar refractivity (Wildman–Crippen MR) is 67.5 cm³/mol. The number of pyridine rings is 1. The minimum Gasteiger partial charge on any atom is -0.390 e. The van der Waals surface area contributed by atoms with Crippen molar-refractivity contribution in [3.05, 3.63) is 30.1 Å². The first-order valence-electron chi connectivity index (χ1n) is 5.55. The molecule has 1 heterocycles. The molecular weight excluding hydrogens is 222 g/mol. The van der Waals surface area contributed by atoms with Crippen LogP contribution in [-0.4, -0.2) is 35.2 Å². The maximum absolute atomic E-state index is 9.59. The smallest absolute Gasteiger partial charge is 0.0863 e. The van der Waals surface area contributed by atoms with Gasteiger partial charge in [-0.2, -0.15) is 11.8 Å². The number of rotatable bonds is 8. The van der Waals surface area contributed by atoms with Gasteiger partial charge < -0.3 is 9.84 Å². The Morgan fingerprint density at radius 3 is 3.12 bits per heavy atom. The van der Waals surface area contributed by atoms with Crippen LogP contribution in [0.2, 0.25) is 0 Å². The topological polar surface area (TPSA) is 42.4 Å². The lowest BCUT2D eigenvalue weighted by molar-refractivity contribution is 0.0489. The molecule has 1 rings (SSSR count). The highest BCUT2D eigenvalue weighted by atomic mass is 32.2. The summed E-state index contributed by atoms with van der Waals surface area (Å²) in [4.78, 5) is 4.04. The van der Waals surface area contributed by atoms with Crippen LogP contribution in [0, 0.1) is 0 Å². The maximum atomic E-state index is 9.59. The van der Waals surface area contributed by atoms with Gasteiger partial charge in [0.05, 0.1) is 12.7 Å². The molecule has 1 aromatic heterocycles. The van der Waals surface area contributed by atoms with Crippen LogP contribution in [0.1, 0.15) is 18.9 Å². The Kier molecular flexibility index (Phi) is 7.21. The predicted octanol–water partition coefficient (Wildman–Crippen LogP) is 2.10. The van der Waals surface area contributed by atoms with Crippen LogP contribution < -0.4 is 0 Å². The molecule has 0 spiro atoms. The van der Waals surface area contributed by atoms with Gasteiger partial charge in [0.25, 0.3) is 0 Å². The summed E-state index contributed by atoms with van der Waals surface area (Å²) in [6.07, 6.45) is 4.25. The Bertz CT molecular complexity index is 269. The van der Waals surface area contributed by atoms with Gasteiger partial charge in [0.1, 0.15) is 0 Å². The fraction of sp³-hybridized carbons (Fsp3) is 0.583. The summed E-state index contributed by atoms with van der Waals surface area (Å²) >= 11 is 1.70. The third kappa shape index (κ3) is 6.10. The molecule has 4 heteroatoms. The van der Waals surface area contributed by atoms with Crippen molar-refractivity contribution in [3.63, 3.8) is 0 Å². The zero-order valence-electron chi connectivity index (χ0n) is 9.63. The summed E-state index contributed by atoms with van der Waals surface area (Å²) in [5.74, 6) is 1.59. The van der Waals surface area contributed by atoms with E-state index >= 15 is 0 Å². The Hall–Kier alpha value is -0.580. The first-order valence-corrected chi connectivity index (χ1v) is 6.71. The molecule has 1 aromatic rings. The molecule has 0 amide bonds. The van der Waals surface area contributed by atoms with E-state index in [1.165, 1.54) is 5.56 Å². The number of thioether (sulfide) groups is 1. The number of aromatic nitrogens is 1. The quantitative estimate of drug-likeness (QED) is 0.708. The van der Waals surface area contributed by atoms with Crippen molar-refractivity contribution in [2.24, 2.45) is 0 Å². The van der Waals surface area contributed by atoms with Crippen molar-refractivity contribution < 1.29 is 9.84 Å². The Labute approximate surface area is 101 Å². The fourth-order valence-electron chi connectivity index (χ4n) is 1.21. The van der Waals surface area contributed by atoms with Crippen LogP contribution in [0.4, 0.5) is 0 Å². The first-order chi connectivity index (χ1) is 7.83. The van der Waals surface area contributed by atoms with E-state index in [0.717, 1.165) is 18.8 Å². The average Bonchev–Trinajstić information content (AvgIpc) is 2.31. The Morgan fingerprint density at radius 1 is 1.56 bits per heavy atom. The Morgan fingerprint density at radius 2 is 2.44 bits per heavy atom. The molecule has 1 N–H and O–H groups in total. The van der Waals surface area contributed by atoms with Crippen LogP contribution >= 0.6 is 11.8 Å². The van der Waals surface area contributed by atoms with Crippen molar-refractivity contribution in [1.29, 1.82) is 0 Å². The van der Waals surface area contributed by atoms with Gasteiger partial charge in [-0.25, -0.2) is 0 Å². The maximum Gasteiger partial charge on any atom is 0.0863 e. The number of hydrogen-bond acceptors (Lipinski definition) is 4. The summed E-state index contributed by atoms with van der Waals surface area (Å²) in [7, 11) is 0. The monoisotopic (exact) mass is 241 g/mol. The van der Waals surface area contributed by atoms with E-state index in [9.17, 15) is 5.11 Å². The van der Waals surface area contributed by atoms with Crippen molar-refractivity contribution in [2.75, 3.05) is 19.0 Å². The average molecular weight is 241 g/mol. The summed E-state index contributed by atoms with van der Waals surface area (Å²) < 4.78 is 5.27. The number of aliphatic hydroxyl groups is 1. The van der Waals surface area contributed by atoms with Gasteiger partial charge in [-0.1, -0.05) is 13.0 Å². The molecule has 0 bridgehead atoms. The third-order valence-corrected chi connectivity index (χ3v) is 3.12.